The van der Waals surface area contributed by atoms with E-state index in [2.05, 4.69) is 55.6 Å². The molecule has 0 bridgehead atoms. The second kappa shape index (κ2) is 55.4. The number of aliphatic hydroxyl groups excluding tert-OH is 2. The Morgan fingerprint density at radius 3 is 1.23 bits per heavy atom. The molecule has 0 aromatic carbocycles. The maximum Gasteiger partial charge on any atom is 0.305 e. The van der Waals surface area contributed by atoms with Gasteiger partial charge in [-0.05, 0) is 83.5 Å². The number of nitrogens with one attached hydrogen (secondary N) is 1. The molecule has 0 aromatic rings. The molecule has 0 saturated heterocycles. The molecule has 0 rings (SSSR count). The van der Waals surface area contributed by atoms with Crippen LogP contribution in [0, 0.1) is 0 Å². The van der Waals surface area contributed by atoms with Crippen LogP contribution in [0.1, 0.15) is 296 Å². The highest BCUT2D eigenvalue weighted by molar-refractivity contribution is 5.76. The van der Waals surface area contributed by atoms with Crippen LogP contribution < -0.4 is 5.32 Å². The number of aliphatic hydroxyl groups is 2. The van der Waals surface area contributed by atoms with E-state index in [1.165, 1.54) is 205 Å². The molecule has 0 aliphatic rings. The van der Waals surface area contributed by atoms with Gasteiger partial charge in [0.1, 0.15) is 0 Å². The first-order valence-electron chi connectivity index (χ1n) is 28.9. The van der Waals surface area contributed by atoms with Crippen LogP contribution in [-0.2, 0) is 14.3 Å². The molecule has 0 spiro atoms. The molecular formula is C60H111NO5. The second-order valence-electron chi connectivity index (χ2n) is 19.6. The third-order valence-corrected chi connectivity index (χ3v) is 13.0. The molecule has 0 saturated carbocycles. The number of carbonyl (C=O) groups excluding carboxylic acids is 2. The molecule has 0 fully saturated rings. The molecule has 0 aliphatic carbocycles. The van der Waals surface area contributed by atoms with Crippen molar-refractivity contribution in [1.82, 2.24) is 5.32 Å². The molecule has 0 aromatic heterocycles. The van der Waals surface area contributed by atoms with Crippen molar-refractivity contribution < 1.29 is 24.5 Å². The summed E-state index contributed by atoms with van der Waals surface area (Å²) in [6, 6.07) is -0.636. The van der Waals surface area contributed by atoms with Crippen molar-refractivity contribution in [3.63, 3.8) is 0 Å². The summed E-state index contributed by atoms with van der Waals surface area (Å²) in [7, 11) is 0. The lowest BCUT2D eigenvalue weighted by Crippen LogP contribution is -2.45. The predicted octanol–water partition coefficient (Wildman–Crippen LogP) is 17.8. The zero-order chi connectivity index (χ0) is 47.9. The Morgan fingerprint density at radius 2 is 0.788 bits per heavy atom. The fourth-order valence-electron chi connectivity index (χ4n) is 8.61. The Balaban J connectivity index is 3.49. The van der Waals surface area contributed by atoms with Crippen molar-refractivity contribution in [3.8, 4) is 0 Å². The molecule has 2 atom stereocenters. The van der Waals surface area contributed by atoms with Crippen LogP contribution in [0.2, 0.25) is 0 Å². The topological polar surface area (TPSA) is 95.9 Å². The number of esters is 1. The van der Waals surface area contributed by atoms with E-state index in [4.69, 9.17) is 4.74 Å². The first-order valence-corrected chi connectivity index (χ1v) is 28.9. The summed E-state index contributed by atoms with van der Waals surface area (Å²) < 4.78 is 5.46. The third kappa shape index (κ3) is 51.2. The Bertz CT molecular complexity index is 1110. The number of carbonyl (C=O) groups is 2. The van der Waals surface area contributed by atoms with Crippen molar-refractivity contribution in [3.05, 3.63) is 48.6 Å². The van der Waals surface area contributed by atoms with Gasteiger partial charge in [0.25, 0.3) is 0 Å². The Labute approximate surface area is 410 Å². The number of unbranched alkanes of at least 4 members (excludes halogenated alkanes) is 36. The fraction of sp³-hybridized carbons (Fsp3) is 0.833. The van der Waals surface area contributed by atoms with E-state index in [9.17, 15) is 19.8 Å². The molecule has 0 aliphatic heterocycles. The number of hydrogen-bond donors (Lipinski definition) is 3. The molecule has 2 unspecified atom stereocenters. The monoisotopic (exact) mass is 926 g/mol. The Kier molecular flexibility index (Phi) is 53.6. The van der Waals surface area contributed by atoms with Gasteiger partial charge in [0, 0.05) is 12.8 Å². The van der Waals surface area contributed by atoms with Gasteiger partial charge in [-0.15, -0.1) is 0 Å². The molecule has 66 heavy (non-hydrogen) atoms. The van der Waals surface area contributed by atoms with Gasteiger partial charge in [-0.2, -0.15) is 0 Å². The quantitative estimate of drug-likeness (QED) is 0.0321. The van der Waals surface area contributed by atoms with E-state index >= 15 is 0 Å². The summed E-state index contributed by atoms with van der Waals surface area (Å²) in [6.07, 6.45) is 69.8. The normalized spacial score (nSPS) is 13.0. The predicted molar refractivity (Wildman–Crippen MR) is 287 cm³/mol. The highest BCUT2D eigenvalue weighted by Gasteiger charge is 2.18. The van der Waals surface area contributed by atoms with Gasteiger partial charge in [-0.3, -0.25) is 9.59 Å². The summed E-state index contributed by atoms with van der Waals surface area (Å²) >= 11 is 0. The largest absolute Gasteiger partial charge is 0.466 e. The third-order valence-electron chi connectivity index (χ3n) is 13.0. The van der Waals surface area contributed by atoms with Crippen LogP contribution in [0.15, 0.2) is 48.6 Å². The highest BCUT2D eigenvalue weighted by Crippen LogP contribution is 2.16. The van der Waals surface area contributed by atoms with E-state index in [1.807, 2.05) is 6.08 Å². The van der Waals surface area contributed by atoms with Crippen molar-refractivity contribution in [1.29, 1.82) is 0 Å². The Hall–Kier alpha value is -2.18. The van der Waals surface area contributed by atoms with Crippen LogP contribution in [0.4, 0.5) is 0 Å². The van der Waals surface area contributed by atoms with E-state index < -0.39 is 12.1 Å². The van der Waals surface area contributed by atoms with Gasteiger partial charge in [0.05, 0.1) is 25.4 Å². The van der Waals surface area contributed by atoms with Gasteiger partial charge in [0.2, 0.25) is 5.91 Å². The summed E-state index contributed by atoms with van der Waals surface area (Å²) in [6.45, 7) is 4.82. The summed E-state index contributed by atoms with van der Waals surface area (Å²) in [5.74, 6) is -0.0901. The molecule has 0 radical (unpaired) electrons. The lowest BCUT2D eigenvalue weighted by molar-refractivity contribution is -0.143. The minimum Gasteiger partial charge on any atom is -0.466 e. The lowest BCUT2D eigenvalue weighted by atomic mass is 10.0. The summed E-state index contributed by atoms with van der Waals surface area (Å²) in [5, 5.41) is 23.1. The van der Waals surface area contributed by atoms with Gasteiger partial charge < -0.3 is 20.3 Å². The minimum atomic E-state index is -0.852. The van der Waals surface area contributed by atoms with E-state index in [1.54, 1.807) is 6.08 Å². The maximum atomic E-state index is 12.5. The van der Waals surface area contributed by atoms with Gasteiger partial charge in [-0.1, -0.05) is 249 Å². The van der Waals surface area contributed by atoms with Crippen molar-refractivity contribution in [2.24, 2.45) is 0 Å². The van der Waals surface area contributed by atoms with Crippen molar-refractivity contribution in [2.75, 3.05) is 13.2 Å². The first-order chi connectivity index (χ1) is 32.5. The van der Waals surface area contributed by atoms with Crippen LogP contribution in [-0.4, -0.2) is 47.4 Å². The molecule has 0 heterocycles. The molecule has 1 amide bonds. The lowest BCUT2D eigenvalue weighted by Gasteiger charge is -2.20. The zero-order valence-corrected chi connectivity index (χ0v) is 43.9. The Morgan fingerprint density at radius 1 is 0.424 bits per heavy atom. The smallest absolute Gasteiger partial charge is 0.305 e. The van der Waals surface area contributed by atoms with Crippen molar-refractivity contribution >= 4 is 11.9 Å². The highest BCUT2D eigenvalue weighted by atomic mass is 16.5. The molecule has 6 heteroatoms. The standard InChI is InChI=1S/C60H111NO5/c1-3-5-7-9-11-13-15-17-18-22-25-29-32-36-40-44-48-52-58(63)57(56-62)61-59(64)53-49-45-41-37-33-30-26-23-20-19-21-24-27-31-35-39-43-47-51-55-66-60(65)54-50-46-42-38-34-28-16-14-12-10-8-6-4-2/h8,10,14,16,19-20,48,52,57-58,62-63H,3-7,9,11-13,15,17-18,21-47,49-51,53-56H2,1-2H3,(H,61,64)/b10-8-,16-14-,20-19-,52-48+. The number of amides is 1. The van der Waals surface area contributed by atoms with Gasteiger partial charge >= 0.3 is 5.97 Å². The van der Waals surface area contributed by atoms with Gasteiger partial charge in [-0.25, -0.2) is 0 Å². The van der Waals surface area contributed by atoms with Crippen LogP contribution in [0.3, 0.4) is 0 Å². The molecule has 3 N–H and O–H groups in total. The van der Waals surface area contributed by atoms with Gasteiger partial charge in [0.15, 0.2) is 0 Å². The average Bonchev–Trinajstić information content (AvgIpc) is 3.32. The number of ether oxygens (including phenoxy) is 1. The summed E-state index contributed by atoms with van der Waals surface area (Å²) in [5.41, 5.74) is 0. The number of allylic oxidation sites excluding steroid dienone is 7. The zero-order valence-electron chi connectivity index (χ0n) is 43.9. The number of rotatable bonds is 53. The van der Waals surface area contributed by atoms with Crippen LogP contribution in [0.5, 0.6) is 0 Å². The first kappa shape index (κ1) is 63.8. The molecule has 6 nitrogen and oxygen atoms in total. The van der Waals surface area contributed by atoms with E-state index in [-0.39, 0.29) is 18.5 Å². The summed E-state index contributed by atoms with van der Waals surface area (Å²) in [4.78, 5) is 24.5. The maximum absolute atomic E-state index is 12.5. The SMILES string of the molecule is CCC/C=C\C/C=C\CCCCCCCC(=O)OCCCCCCCCCC/C=C\CCCCCCCCCC(=O)NC(CO)C(O)/C=C/CCCCCCCCCCCCCCCCC. The van der Waals surface area contributed by atoms with Crippen LogP contribution >= 0.6 is 0 Å². The minimum absolute atomic E-state index is 0.0127. The molecule has 386 valence electrons. The molecular weight excluding hydrogens is 815 g/mol. The second-order valence-corrected chi connectivity index (χ2v) is 19.6. The average molecular weight is 927 g/mol. The van der Waals surface area contributed by atoms with Crippen molar-refractivity contribution in [2.45, 2.75) is 309 Å². The fourth-order valence-corrected chi connectivity index (χ4v) is 8.61. The van der Waals surface area contributed by atoms with Crippen LogP contribution in [0.25, 0.3) is 0 Å². The van der Waals surface area contributed by atoms with E-state index in [0.29, 0.717) is 19.4 Å². The number of hydrogen-bond acceptors (Lipinski definition) is 5. The van der Waals surface area contributed by atoms with E-state index in [0.717, 1.165) is 64.2 Å².